The van der Waals surface area contributed by atoms with Crippen LogP contribution in [0.15, 0.2) is 36.4 Å². The summed E-state index contributed by atoms with van der Waals surface area (Å²) in [5.74, 6) is 0.698. The normalized spacial score (nSPS) is 22.4. The van der Waals surface area contributed by atoms with E-state index in [9.17, 15) is 23.1 Å². The van der Waals surface area contributed by atoms with Gasteiger partial charge in [-0.15, -0.1) is 0 Å². The van der Waals surface area contributed by atoms with Crippen molar-refractivity contribution in [2.75, 3.05) is 38.0 Å². The number of likely N-dealkylation sites (tertiary alicyclic amines) is 2. The molecule has 3 aliphatic heterocycles. The first-order valence-electron chi connectivity index (χ1n) is 13.4. The first kappa shape index (κ1) is 26.0. The van der Waals surface area contributed by atoms with Crippen LogP contribution in [0.1, 0.15) is 60.5 Å². The van der Waals surface area contributed by atoms with E-state index in [1.165, 1.54) is 17.7 Å². The number of aryl methyl sites for hydroxylation is 2. The molecule has 2 atom stereocenters. The van der Waals surface area contributed by atoms with Crippen LogP contribution in [-0.2, 0) is 23.8 Å². The average molecular weight is 517 g/mol. The number of carbonyl (C=O) groups is 1. The smallest absolute Gasteiger partial charge is 0.416 e. The Morgan fingerprint density at radius 1 is 1.08 bits per heavy atom. The second-order valence-electron chi connectivity index (χ2n) is 10.7. The molecule has 0 bridgehead atoms. The lowest BCUT2D eigenvalue weighted by atomic mass is 9.90. The third kappa shape index (κ3) is 6.09. The molecule has 4 heterocycles. The number of hydrogen-bond donors (Lipinski definition) is 2. The summed E-state index contributed by atoms with van der Waals surface area (Å²) in [5, 5.41) is 13.3. The molecule has 9 heteroatoms. The molecule has 0 radical (unpaired) electrons. The number of pyridine rings is 1. The van der Waals surface area contributed by atoms with Crippen LogP contribution in [-0.4, -0.2) is 64.6 Å². The maximum Gasteiger partial charge on any atom is 0.416 e. The molecule has 5 rings (SSSR count). The number of piperidine rings is 1. The van der Waals surface area contributed by atoms with Crippen molar-refractivity contribution in [1.29, 1.82) is 0 Å². The SMILES string of the molecule is O=C(O)C(c1ccc(C(F)(F)F)cc1)N1CCC(N2CCC(CCc3ccc4c(n3)NCCC4)CC2)C1. The van der Waals surface area contributed by atoms with Gasteiger partial charge in [0.1, 0.15) is 11.9 Å². The van der Waals surface area contributed by atoms with E-state index in [1.54, 1.807) is 0 Å². The van der Waals surface area contributed by atoms with E-state index in [2.05, 4.69) is 22.3 Å². The third-order valence-electron chi connectivity index (χ3n) is 8.27. The van der Waals surface area contributed by atoms with E-state index in [0.717, 1.165) is 88.2 Å². The van der Waals surface area contributed by atoms with Crippen molar-refractivity contribution in [2.24, 2.45) is 5.92 Å². The van der Waals surface area contributed by atoms with E-state index in [1.807, 2.05) is 4.90 Å². The third-order valence-corrected chi connectivity index (χ3v) is 8.27. The lowest BCUT2D eigenvalue weighted by molar-refractivity contribution is -0.143. The molecular weight excluding hydrogens is 481 g/mol. The highest BCUT2D eigenvalue weighted by atomic mass is 19.4. The van der Waals surface area contributed by atoms with E-state index < -0.39 is 23.8 Å². The predicted octanol–water partition coefficient (Wildman–Crippen LogP) is 5.00. The number of carboxylic acids is 1. The standard InChI is InChI=1S/C28H35F3N4O2/c29-28(30,31)22-7-4-20(5-8-22)25(27(36)37)35-17-13-24(18-35)34-15-11-19(12-16-34)3-9-23-10-6-21-2-1-14-32-26(21)33-23/h4-8,10,19,24-25H,1-3,9,11-18H2,(H,32,33)(H,36,37). The number of nitrogens with one attached hydrogen (secondary N) is 1. The molecule has 3 aliphatic rings. The number of aliphatic carboxylic acids is 1. The molecular formula is C28H35F3N4O2. The van der Waals surface area contributed by atoms with Gasteiger partial charge in [-0.25, -0.2) is 4.98 Å². The molecule has 1 aromatic carbocycles. The summed E-state index contributed by atoms with van der Waals surface area (Å²) in [6.07, 6.45) is 3.08. The number of hydrogen-bond acceptors (Lipinski definition) is 5. The summed E-state index contributed by atoms with van der Waals surface area (Å²) in [5.41, 5.74) is 2.11. The average Bonchev–Trinajstić information content (AvgIpc) is 3.37. The summed E-state index contributed by atoms with van der Waals surface area (Å²) in [7, 11) is 0. The molecule has 2 unspecified atom stereocenters. The monoisotopic (exact) mass is 516 g/mol. The summed E-state index contributed by atoms with van der Waals surface area (Å²) < 4.78 is 38.8. The van der Waals surface area contributed by atoms with Crippen molar-refractivity contribution < 1.29 is 23.1 Å². The van der Waals surface area contributed by atoms with Crippen molar-refractivity contribution in [1.82, 2.24) is 14.8 Å². The Morgan fingerprint density at radius 3 is 2.54 bits per heavy atom. The molecule has 2 saturated heterocycles. The Balaban J connectivity index is 1.11. The number of nitrogens with zero attached hydrogens (tertiary/aromatic N) is 3. The van der Waals surface area contributed by atoms with Gasteiger partial charge in [-0.1, -0.05) is 18.2 Å². The first-order chi connectivity index (χ1) is 17.8. The fourth-order valence-corrected chi connectivity index (χ4v) is 6.13. The first-order valence-corrected chi connectivity index (χ1v) is 13.4. The van der Waals surface area contributed by atoms with Crippen molar-refractivity contribution in [3.05, 3.63) is 58.8 Å². The van der Waals surface area contributed by atoms with Crippen molar-refractivity contribution >= 4 is 11.8 Å². The van der Waals surface area contributed by atoms with Gasteiger partial charge in [0.2, 0.25) is 0 Å². The molecule has 37 heavy (non-hydrogen) atoms. The van der Waals surface area contributed by atoms with E-state index in [4.69, 9.17) is 4.98 Å². The van der Waals surface area contributed by atoms with Crippen LogP contribution in [0.25, 0.3) is 0 Å². The van der Waals surface area contributed by atoms with Crippen LogP contribution in [0.3, 0.4) is 0 Å². The van der Waals surface area contributed by atoms with Gasteiger partial charge >= 0.3 is 12.1 Å². The second-order valence-corrected chi connectivity index (χ2v) is 10.7. The summed E-state index contributed by atoms with van der Waals surface area (Å²) in [6.45, 7) is 4.24. The van der Waals surface area contributed by atoms with Gasteiger partial charge in [0, 0.05) is 31.4 Å². The molecule has 200 valence electrons. The largest absolute Gasteiger partial charge is 0.480 e. The van der Waals surface area contributed by atoms with Gasteiger partial charge < -0.3 is 10.4 Å². The molecule has 2 N–H and O–H groups in total. The van der Waals surface area contributed by atoms with Gasteiger partial charge in [-0.3, -0.25) is 14.6 Å². The molecule has 6 nitrogen and oxygen atoms in total. The van der Waals surface area contributed by atoms with Gasteiger partial charge in [0.05, 0.1) is 5.56 Å². The number of alkyl halides is 3. The highest BCUT2D eigenvalue weighted by Crippen LogP contribution is 2.33. The van der Waals surface area contributed by atoms with Crippen LogP contribution >= 0.6 is 0 Å². The number of aromatic nitrogens is 1. The number of fused-ring (bicyclic) bond motifs is 1. The Morgan fingerprint density at radius 2 is 1.84 bits per heavy atom. The molecule has 2 fully saturated rings. The van der Waals surface area contributed by atoms with E-state index in [-0.39, 0.29) is 6.04 Å². The highest BCUT2D eigenvalue weighted by molar-refractivity contribution is 5.75. The Kier molecular flexibility index (Phi) is 7.72. The van der Waals surface area contributed by atoms with Gasteiger partial charge in [-0.2, -0.15) is 13.2 Å². The fourth-order valence-electron chi connectivity index (χ4n) is 6.13. The predicted molar refractivity (Wildman–Crippen MR) is 135 cm³/mol. The van der Waals surface area contributed by atoms with Crippen LogP contribution in [0.5, 0.6) is 0 Å². The Bertz CT molecular complexity index is 1080. The van der Waals surface area contributed by atoms with Gasteiger partial charge in [0.25, 0.3) is 0 Å². The highest BCUT2D eigenvalue weighted by Gasteiger charge is 2.37. The lowest BCUT2D eigenvalue weighted by Gasteiger charge is -2.36. The molecule has 1 aromatic heterocycles. The topological polar surface area (TPSA) is 68.7 Å². The van der Waals surface area contributed by atoms with Crippen LogP contribution < -0.4 is 5.32 Å². The van der Waals surface area contributed by atoms with Crippen molar-refractivity contribution in [3.63, 3.8) is 0 Å². The van der Waals surface area contributed by atoms with Crippen LogP contribution in [0.2, 0.25) is 0 Å². The number of rotatable bonds is 7. The maximum absolute atomic E-state index is 12.9. The van der Waals surface area contributed by atoms with Crippen molar-refractivity contribution in [2.45, 2.75) is 63.2 Å². The zero-order chi connectivity index (χ0) is 26.0. The summed E-state index contributed by atoms with van der Waals surface area (Å²) >= 11 is 0. The molecule has 0 aliphatic carbocycles. The number of carboxylic acid groups (broad SMARTS) is 1. The minimum atomic E-state index is -4.43. The molecule has 2 aromatic rings. The van der Waals surface area contributed by atoms with Gasteiger partial charge in [0.15, 0.2) is 0 Å². The number of anilines is 1. The molecule has 0 saturated carbocycles. The molecule has 0 spiro atoms. The lowest BCUT2D eigenvalue weighted by Crippen LogP contribution is -2.43. The number of halogens is 3. The van der Waals surface area contributed by atoms with Crippen LogP contribution in [0, 0.1) is 5.92 Å². The summed E-state index contributed by atoms with van der Waals surface area (Å²) in [6, 6.07) is 8.28. The van der Waals surface area contributed by atoms with E-state index in [0.29, 0.717) is 24.6 Å². The Hall–Kier alpha value is -2.65. The van der Waals surface area contributed by atoms with E-state index >= 15 is 0 Å². The minimum absolute atomic E-state index is 0.283. The molecule has 0 amide bonds. The maximum atomic E-state index is 12.9. The van der Waals surface area contributed by atoms with Crippen molar-refractivity contribution in [3.8, 4) is 0 Å². The zero-order valence-electron chi connectivity index (χ0n) is 21.0. The second kappa shape index (κ2) is 11.0. The van der Waals surface area contributed by atoms with Gasteiger partial charge in [-0.05, 0) is 93.3 Å². The minimum Gasteiger partial charge on any atom is -0.480 e. The Labute approximate surface area is 215 Å². The zero-order valence-corrected chi connectivity index (χ0v) is 21.0. The van der Waals surface area contributed by atoms with Crippen LogP contribution in [0.4, 0.5) is 19.0 Å². The fraction of sp³-hybridized carbons (Fsp3) is 0.571. The number of benzene rings is 1. The summed E-state index contributed by atoms with van der Waals surface area (Å²) in [4.78, 5) is 21.3. The quantitative estimate of drug-likeness (QED) is 0.540.